The largest absolute Gasteiger partial charge is 0.455 e. The first-order valence-corrected chi connectivity index (χ1v) is 22.0. The van der Waals surface area contributed by atoms with Crippen LogP contribution in [0, 0.1) is 0 Å². The van der Waals surface area contributed by atoms with E-state index in [1.54, 1.807) is 0 Å². The van der Waals surface area contributed by atoms with Crippen LogP contribution in [0.5, 0.6) is 0 Å². The van der Waals surface area contributed by atoms with E-state index in [0.29, 0.717) is 0 Å². The molecule has 8 nitrogen and oxygen atoms in total. The third kappa shape index (κ3) is 4.37. The van der Waals surface area contributed by atoms with Crippen molar-refractivity contribution in [2.24, 2.45) is 0 Å². The van der Waals surface area contributed by atoms with E-state index in [-0.39, 0.29) is 0 Å². The van der Waals surface area contributed by atoms with Gasteiger partial charge in [-0.1, -0.05) is 97.1 Å². The molecule has 0 unspecified atom stereocenters. The van der Waals surface area contributed by atoms with Gasteiger partial charge in [0.05, 0.1) is 38.8 Å². The zero-order valence-electron chi connectivity index (χ0n) is 34.7. The zero-order chi connectivity index (χ0) is 42.8. The minimum Gasteiger partial charge on any atom is -0.455 e. The van der Waals surface area contributed by atoms with Crippen molar-refractivity contribution >= 4 is 131 Å². The Balaban J connectivity index is 0.966. The monoisotopic (exact) mass is 846 g/mol. The lowest BCUT2D eigenvalue weighted by Gasteiger charge is -2.11. The van der Waals surface area contributed by atoms with Crippen LogP contribution in [0.15, 0.2) is 200 Å². The second kappa shape index (κ2) is 12.3. The number of rotatable bonds is 3. The van der Waals surface area contributed by atoms with Gasteiger partial charge in [-0.05, 0) is 87.9 Å². The Morgan fingerprint density at radius 1 is 0.348 bits per heavy atom. The third-order valence-corrected chi connectivity index (χ3v) is 14.0. The van der Waals surface area contributed by atoms with Gasteiger partial charge in [-0.2, -0.15) is 0 Å². The van der Waals surface area contributed by atoms with Gasteiger partial charge in [0.25, 0.3) is 0 Å². The van der Waals surface area contributed by atoms with E-state index in [0.717, 1.165) is 154 Å². The summed E-state index contributed by atoms with van der Waals surface area (Å²) < 4.78 is 30.1. The summed E-state index contributed by atoms with van der Waals surface area (Å²) >= 11 is 0. The molecular formula is C58H30N4O4. The van der Waals surface area contributed by atoms with E-state index in [4.69, 9.17) is 17.7 Å². The van der Waals surface area contributed by atoms with Crippen LogP contribution in [0.4, 0.5) is 0 Å². The molecule has 8 heteroatoms. The molecule has 0 fully saturated rings. The summed E-state index contributed by atoms with van der Waals surface area (Å²) in [5.74, 6) is 0. The SMILES string of the molecule is c1ccc2c(c1)oc1c2ccc2c3c4cccc(-c5ccc6oc7c(c6c5)c5ccccc5c5c7c6ccccc6n5-c5ccc6ncoc6c5)c4ccc3n(-c3ccc4ncoc4c3)c21. The van der Waals surface area contributed by atoms with E-state index in [1.807, 2.05) is 24.3 Å². The van der Waals surface area contributed by atoms with Gasteiger partial charge < -0.3 is 26.8 Å². The van der Waals surface area contributed by atoms with Gasteiger partial charge in [0, 0.05) is 55.2 Å². The lowest BCUT2D eigenvalue weighted by atomic mass is 9.94. The Kier molecular flexibility index (Phi) is 6.41. The summed E-state index contributed by atoms with van der Waals surface area (Å²) in [6.07, 6.45) is 3.00. The van der Waals surface area contributed by atoms with Crippen molar-refractivity contribution in [1.29, 1.82) is 0 Å². The normalized spacial score (nSPS) is 12.5. The highest BCUT2D eigenvalue weighted by Gasteiger charge is 2.25. The molecule has 0 saturated carbocycles. The Hall–Kier alpha value is -9.14. The van der Waals surface area contributed by atoms with E-state index in [9.17, 15) is 0 Å². The first-order chi connectivity index (χ1) is 32.7. The lowest BCUT2D eigenvalue weighted by Crippen LogP contribution is -1.94. The highest BCUT2D eigenvalue weighted by atomic mass is 16.3. The lowest BCUT2D eigenvalue weighted by molar-refractivity contribution is 0.601. The van der Waals surface area contributed by atoms with Crippen molar-refractivity contribution < 1.29 is 17.7 Å². The fourth-order valence-electron chi connectivity index (χ4n) is 11.2. The summed E-state index contributed by atoms with van der Waals surface area (Å²) in [6, 6.07) is 60.3. The molecular weight excluding hydrogens is 817 g/mol. The highest BCUT2D eigenvalue weighted by molar-refractivity contribution is 6.35. The first-order valence-electron chi connectivity index (χ1n) is 22.0. The molecule has 16 aromatic rings. The van der Waals surface area contributed by atoms with Crippen molar-refractivity contribution in [3.05, 3.63) is 183 Å². The summed E-state index contributed by atoms with van der Waals surface area (Å²) in [4.78, 5) is 8.80. The molecule has 16 rings (SSSR count). The van der Waals surface area contributed by atoms with Crippen LogP contribution in [-0.4, -0.2) is 19.1 Å². The van der Waals surface area contributed by atoms with Crippen LogP contribution < -0.4 is 0 Å². The van der Waals surface area contributed by atoms with Gasteiger partial charge in [0.15, 0.2) is 29.5 Å². The van der Waals surface area contributed by atoms with Crippen LogP contribution in [-0.2, 0) is 0 Å². The molecule has 0 bridgehead atoms. The number of nitrogens with zero attached hydrogens (tertiary/aromatic N) is 4. The van der Waals surface area contributed by atoms with Crippen LogP contribution in [0.3, 0.4) is 0 Å². The Bertz CT molecular complexity index is 4780. The second-order valence-corrected chi connectivity index (χ2v) is 17.3. The van der Waals surface area contributed by atoms with Crippen molar-refractivity contribution in [2.45, 2.75) is 0 Å². The van der Waals surface area contributed by atoms with E-state index in [1.165, 1.54) is 12.8 Å². The van der Waals surface area contributed by atoms with Gasteiger partial charge in [-0.25, -0.2) is 9.97 Å². The minimum atomic E-state index is 0.730. The Morgan fingerprint density at radius 3 is 1.80 bits per heavy atom. The van der Waals surface area contributed by atoms with Crippen LogP contribution >= 0.6 is 0 Å². The van der Waals surface area contributed by atoms with Crippen molar-refractivity contribution in [3.63, 3.8) is 0 Å². The number of furan rings is 2. The molecule has 0 atom stereocenters. The summed E-state index contributed by atoms with van der Waals surface area (Å²) in [5.41, 5.74) is 15.0. The zero-order valence-corrected chi connectivity index (χ0v) is 34.7. The van der Waals surface area contributed by atoms with Crippen molar-refractivity contribution in [3.8, 4) is 22.5 Å². The molecule has 0 spiro atoms. The van der Waals surface area contributed by atoms with E-state index < -0.39 is 0 Å². The number of benzene rings is 10. The van der Waals surface area contributed by atoms with Crippen molar-refractivity contribution in [2.75, 3.05) is 0 Å². The van der Waals surface area contributed by atoms with Gasteiger partial charge in [-0.15, -0.1) is 0 Å². The maximum Gasteiger partial charge on any atom is 0.181 e. The van der Waals surface area contributed by atoms with Gasteiger partial charge in [0.2, 0.25) is 0 Å². The highest BCUT2D eigenvalue weighted by Crippen LogP contribution is 2.48. The van der Waals surface area contributed by atoms with E-state index >= 15 is 0 Å². The first kappa shape index (κ1) is 34.4. The Labute approximate surface area is 371 Å². The molecule has 66 heavy (non-hydrogen) atoms. The topological polar surface area (TPSA) is 88.2 Å². The maximum absolute atomic E-state index is 7.03. The molecule has 6 heterocycles. The summed E-state index contributed by atoms with van der Waals surface area (Å²) in [5, 5.41) is 13.4. The van der Waals surface area contributed by atoms with Crippen LogP contribution in [0.25, 0.3) is 154 Å². The number of oxazole rings is 2. The maximum atomic E-state index is 7.03. The smallest absolute Gasteiger partial charge is 0.181 e. The third-order valence-electron chi connectivity index (χ3n) is 14.0. The molecule has 0 aliphatic rings. The second-order valence-electron chi connectivity index (χ2n) is 17.3. The van der Waals surface area contributed by atoms with E-state index in [2.05, 4.69) is 165 Å². The number of hydrogen-bond donors (Lipinski definition) is 0. The summed E-state index contributed by atoms with van der Waals surface area (Å²) in [7, 11) is 0. The fraction of sp³-hybridized carbons (Fsp3) is 0. The molecule has 0 amide bonds. The fourth-order valence-corrected chi connectivity index (χ4v) is 11.2. The van der Waals surface area contributed by atoms with Gasteiger partial charge in [0.1, 0.15) is 27.8 Å². The average molecular weight is 847 g/mol. The average Bonchev–Trinajstić information content (AvgIpc) is 4.23. The number of fused-ring (bicyclic) bond motifs is 21. The van der Waals surface area contributed by atoms with Crippen LogP contribution in [0.1, 0.15) is 0 Å². The van der Waals surface area contributed by atoms with Gasteiger partial charge >= 0.3 is 0 Å². The molecule has 0 aliphatic carbocycles. The predicted molar refractivity (Wildman–Crippen MR) is 265 cm³/mol. The Morgan fingerprint density at radius 2 is 0.985 bits per heavy atom. The molecule has 0 N–H and O–H groups in total. The molecule has 6 aromatic heterocycles. The minimum absolute atomic E-state index is 0.730. The summed E-state index contributed by atoms with van der Waals surface area (Å²) in [6.45, 7) is 0. The molecule has 306 valence electrons. The predicted octanol–water partition coefficient (Wildman–Crippen LogP) is 15.9. The molecule has 0 radical (unpaired) electrons. The molecule has 0 saturated heterocycles. The van der Waals surface area contributed by atoms with Crippen LogP contribution in [0.2, 0.25) is 0 Å². The molecule has 10 aromatic carbocycles. The quantitative estimate of drug-likeness (QED) is 0.176. The molecule has 0 aliphatic heterocycles. The number of para-hydroxylation sites is 2. The number of aromatic nitrogens is 4. The van der Waals surface area contributed by atoms with Crippen molar-refractivity contribution in [1.82, 2.24) is 19.1 Å². The standard InChI is InChI=1S/C58H30N4O4/c1-2-10-39-38(9-1)53-43-26-31(16-25-49(43)66-58(53)54-41-11-3-5-14-46(41)61(55(39)54)32-17-22-44-50(27-32)63-29-59-44)34-12-7-13-37-35(34)21-24-47-52(37)42-20-19-40-36-8-4-6-15-48(36)65-57(40)56(42)62(47)33-18-23-45-51(28-33)64-30-60-45/h1-30H. The number of hydrogen-bond acceptors (Lipinski definition) is 6. The van der Waals surface area contributed by atoms with Gasteiger partial charge in [-0.3, -0.25) is 0 Å².